The van der Waals surface area contributed by atoms with E-state index in [1.54, 1.807) is 0 Å². The molecular formula is C12H20N2Si. The monoisotopic (exact) mass is 220 g/mol. The van der Waals surface area contributed by atoms with E-state index in [0.29, 0.717) is 0 Å². The third kappa shape index (κ3) is 4.85. The molecule has 1 rings (SSSR count). The summed E-state index contributed by atoms with van der Waals surface area (Å²) >= 11 is 0. The van der Waals surface area contributed by atoms with Crippen LogP contribution in [0, 0.1) is 11.5 Å². The zero-order chi connectivity index (χ0) is 11.3. The summed E-state index contributed by atoms with van der Waals surface area (Å²) in [6.45, 7) is 9.95. The molecule has 0 fully saturated rings. The Balaban J connectivity index is 2.63. The van der Waals surface area contributed by atoms with Crippen molar-refractivity contribution in [2.45, 2.75) is 46.0 Å². The Labute approximate surface area is 93.7 Å². The second kappa shape index (κ2) is 5.18. The zero-order valence-electron chi connectivity index (χ0n) is 10.2. The molecule has 0 amide bonds. The topological polar surface area (TPSA) is 17.8 Å². The normalized spacial score (nSPS) is 10.9. The summed E-state index contributed by atoms with van der Waals surface area (Å²) in [5.41, 5.74) is 4.39. The molecule has 0 aliphatic rings. The highest BCUT2D eigenvalue weighted by Crippen LogP contribution is 2.01. The summed E-state index contributed by atoms with van der Waals surface area (Å²) in [7, 11) is -1.25. The van der Waals surface area contributed by atoms with Gasteiger partial charge in [0.1, 0.15) is 8.07 Å². The Kier molecular flexibility index (Phi) is 4.16. The Morgan fingerprint density at radius 2 is 2.13 bits per heavy atom. The summed E-state index contributed by atoms with van der Waals surface area (Å²) in [4.78, 5) is 0. The van der Waals surface area contributed by atoms with Gasteiger partial charge in [-0.05, 0) is 6.42 Å². The molecule has 0 aromatic carbocycles. The molecule has 2 nitrogen and oxygen atoms in total. The zero-order valence-corrected chi connectivity index (χ0v) is 11.2. The van der Waals surface area contributed by atoms with Crippen molar-refractivity contribution in [2.75, 3.05) is 0 Å². The third-order valence-electron chi connectivity index (χ3n) is 1.96. The summed E-state index contributed by atoms with van der Waals surface area (Å²) in [5.74, 6) is 3.21. The number of aromatic nitrogens is 2. The van der Waals surface area contributed by atoms with Crippen molar-refractivity contribution < 1.29 is 0 Å². The number of hydrogen-bond acceptors (Lipinski definition) is 1. The molecule has 0 unspecified atom stereocenters. The molecular weight excluding hydrogens is 200 g/mol. The van der Waals surface area contributed by atoms with Crippen molar-refractivity contribution >= 4 is 8.07 Å². The van der Waals surface area contributed by atoms with E-state index in [9.17, 15) is 0 Å². The molecule has 0 aliphatic heterocycles. The van der Waals surface area contributed by atoms with Gasteiger partial charge in [-0.1, -0.05) is 38.9 Å². The molecule has 82 valence electrons. The number of unbranched alkanes of at least 4 members (excludes halogenated alkanes) is 1. The average molecular weight is 220 g/mol. The van der Waals surface area contributed by atoms with Crippen LogP contribution >= 0.6 is 0 Å². The second-order valence-corrected chi connectivity index (χ2v) is 9.60. The maximum atomic E-state index is 4.28. The first-order valence-electron chi connectivity index (χ1n) is 5.57. The first kappa shape index (κ1) is 12.1. The smallest absolute Gasteiger partial charge is 0.129 e. The molecule has 1 aromatic heterocycles. The molecule has 0 saturated carbocycles. The second-order valence-electron chi connectivity index (χ2n) is 4.85. The molecule has 0 N–H and O–H groups in total. The number of hydrogen-bond donors (Lipinski definition) is 0. The van der Waals surface area contributed by atoms with Crippen LogP contribution in [-0.4, -0.2) is 17.9 Å². The highest BCUT2D eigenvalue weighted by Gasteiger charge is 2.07. The van der Waals surface area contributed by atoms with E-state index in [-0.39, 0.29) is 0 Å². The third-order valence-corrected chi connectivity index (χ3v) is 2.83. The fourth-order valence-corrected chi connectivity index (χ4v) is 1.65. The van der Waals surface area contributed by atoms with E-state index >= 15 is 0 Å². The molecule has 3 heteroatoms. The van der Waals surface area contributed by atoms with E-state index in [1.165, 1.54) is 12.8 Å². The van der Waals surface area contributed by atoms with Crippen molar-refractivity contribution in [1.29, 1.82) is 0 Å². The number of aryl methyl sites for hydroxylation is 1. The van der Waals surface area contributed by atoms with Crippen LogP contribution in [0.5, 0.6) is 0 Å². The van der Waals surface area contributed by atoms with Gasteiger partial charge in [0.05, 0.1) is 11.8 Å². The van der Waals surface area contributed by atoms with Crippen molar-refractivity contribution in [3.05, 3.63) is 18.0 Å². The van der Waals surface area contributed by atoms with Crippen molar-refractivity contribution in [3.8, 4) is 11.5 Å². The number of rotatable bonds is 3. The summed E-state index contributed by atoms with van der Waals surface area (Å²) < 4.78 is 1.98. The SMILES string of the molecule is CCCCn1cc(C#C[Si](C)(C)C)cn1. The Morgan fingerprint density at radius 1 is 1.40 bits per heavy atom. The van der Waals surface area contributed by atoms with Gasteiger partial charge < -0.3 is 0 Å². The van der Waals surface area contributed by atoms with E-state index < -0.39 is 8.07 Å². The molecule has 15 heavy (non-hydrogen) atoms. The highest BCUT2D eigenvalue weighted by atomic mass is 28.3. The lowest BCUT2D eigenvalue weighted by Gasteiger charge is -2.02. The quantitative estimate of drug-likeness (QED) is 0.566. The van der Waals surface area contributed by atoms with Gasteiger partial charge in [0.25, 0.3) is 0 Å². The molecule has 0 saturated heterocycles. The van der Waals surface area contributed by atoms with E-state index in [4.69, 9.17) is 0 Å². The predicted molar refractivity (Wildman–Crippen MR) is 67.4 cm³/mol. The largest absolute Gasteiger partial charge is 0.271 e. The van der Waals surface area contributed by atoms with Crippen LogP contribution in [0.4, 0.5) is 0 Å². The Bertz CT molecular complexity index is 363. The highest BCUT2D eigenvalue weighted by molar-refractivity contribution is 6.83. The lowest BCUT2D eigenvalue weighted by molar-refractivity contribution is 0.572. The van der Waals surface area contributed by atoms with Crippen molar-refractivity contribution in [1.82, 2.24) is 9.78 Å². The van der Waals surface area contributed by atoms with E-state index in [1.807, 2.05) is 17.1 Å². The summed E-state index contributed by atoms with van der Waals surface area (Å²) in [5, 5.41) is 4.28. The van der Waals surface area contributed by atoms with Crippen LogP contribution in [0.2, 0.25) is 19.6 Å². The van der Waals surface area contributed by atoms with Crippen LogP contribution in [-0.2, 0) is 6.54 Å². The minimum atomic E-state index is -1.25. The van der Waals surface area contributed by atoms with Gasteiger partial charge in [0, 0.05) is 12.7 Å². The van der Waals surface area contributed by atoms with Gasteiger partial charge in [0.15, 0.2) is 0 Å². The van der Waals surface area contributed by atoms with Gasteiger partial charge in [0.2, 0.25) is 0 Å². The maximum Gasteiger partial charge on any atom is 0.129 e. The first-order valence-corrected chi connectivity index (χ1v) is 9.07. The van der Waals surface area contributed by atoms with Crippen LogP contribution in [0.15, 0.2) is 12.4 Å². The van der Waals surface area contributed by atoms with Gasteiger partial charge in [-0.2, -0.15) is 5.10 Å². The first-order chi connectivity index (χ1) is 7.01. The molecule has 0 bridgehead atoms. The van der Waals surface area contributed by atoms with Crippen LogP contribution < -0.4 is 0 Å². The van der Waals surface area contributed by atoms with Crippen LogP contribution in [0.25, 0.3) is 0 Å². The molecule has 1 aromatic rings. The van der Waals surface area contributed by atoms with E-state index in [2.05, 4.69) is 43.1 Å². The maximum absolute atomic E-state index is 4.28. The fraction of sp³-hybridized carbons (Fsp3) is 0.583. The minimum absolute atomic E-state index is 1.01. The molecule has 0 aliphatic carbocycles. The van der Waals surface area contributed by atoms with Gasteiger partial charge in [-0.25, -0.2) is 0 Å². The molecule has 0 atom stereocenters. The van der Waals surface area contributed by atoms with Crippen molar-refractivity contribution in [3.63, 3.8) is 0 Å². The van der Waals surface area contributed by atoms with Crippen molar-refractivity contribution in [2.24, 2.45) is 0 Å². The molecule has 0 radical (unpaired) electrons. The number of nitrogens with zero attached hydrogens (tertiary/aromatic N) is 2. The molecule has 0 spiro atoms. The average Bonchev–Trinajstić information content (AvgIpc) is 2.58. The van der Waals surface area contributed by atoms with Gasteiger partial charge in [-0.3, -0.25) is 4.68 Å². The van der Waals surface area contributed by atoms with Crippen LogP contribution in [0.1, 0.15) is 25.3 Å². The predicted octanol–water partition coefficient (Wildman–Crippen LogP) is 2.91. The van der Waals surface area contributed by atoms with E-state index in [0.717, 1.165) is 12.1 Å². The summed E-state index contributed by atoms with van der Waals surface area (Å²) in [6.07, 6.45) is 6.30. The Hall–Kier alpha value is -1.01. The molecule has 1 heterocycles. The minimum Gasteiger partial charge on any atom is -0.271 e. The van der Waals surface area contributed by atoms with Crippen LogP contribution in [0.3, 0.4) is 0 Å². The van der Waals surface area contributed by atoms with Gasteiger partial charge >= 0.3 is 0 Å². The Morgan fingerprint density at radius 3 is 2.73 bits per heavy atom. The van der Waals surface area contributed by atoms with Gasteiger partial charge in [-0.15, -0.1) is 5.54 Å². The fourth-order valence-electron chi connectivity index (χ4n) is 1.13. The summed E-state index contributed by atoms with van der Waals surface area (Å²) in [6, 6.07) is 0. The lowest BCUT2D eigenvalue weighted by Crippen LogP contribution is -2.16. The standard InChI is InChI=1S/C12H20N2Si/c1-5-6-8-14-11-12(10-13-14)7-9-15(2,3)4/h10-11H,5-6,8H2,1-4H3. The lowest BCUT2D eigenvalue weighted by atomic mass is 10.3.